The summed E-state index contributed by atoms with van der Waals surface area (Å²) in [5, 5.41) is 4.06. The summed E-state index contributed by atoms with van der Waals surface area (Å²) in [5.41, 5.74) is 7.01. The molecule has 34 heavy (non-hydrogen) atoms. The van der Waals surface area contributed by atoms with Crippen LogP contribution >= 0.6 is 0 Å². The summed E-state index contributed by atoms with van der Waals surface area (Å²) in [6.45, 7) is 10.8. The number of aromatic nitrogens is 1. The van der Waals surface area contributed by atoms with Gasteiger partial charge < -0.3 is 5.32 Å². The number of nitrogens with zero attached hydrogens (tertiary/aromatic N) is 1. The molecule has 4 aromatic rings. The monoisotopic (exact) mass is 450 g/mol. The first-order valence-electron chi connectivity index (χ1n) is 12.2. The van der Waals surface area contributed by atoms with E-state index in [1.807, 2.05) is 37.3 Å². The molecule has 0 saturated carbocycles. The van der Waals surface area contributed by atoms with Crippen LogP contribution in [0, 0.1) is 5.92 Å². The number of rotatable bonds is 7. The Hall–Kier alpha value is -3.46. The number of pyridine rings is 1. The Morgan fingerprint density at radius 1 is 0.824 bits per heavy atom. The van der Waals surface area contributed by atoms with E-state index in [1.54, 1.807) is 0 Å². The average Bonchev–Trinajstić information content (AvgIpc) is 2.83. The Kier molecular flexibility index (Phi) is 7.12. The van der Waals surface area contributed by atoms with Crippen molar-refractivity contribution < 1.29 is 4.79 Å². The SMILES string of the molecule is CC(C)Cc1ccc(-c2cc(C(=O)N[C@@H](C)c3ccc(C(C)C)cc3)c3ccccc3n2)cc1. The average molecular weight is 451 g/mol. The lowest BCUT2D eigenvalue weighted by Gasteiger charge is -2.17. The third-order valence-electron chi connectivity index (χ3n) is 6.31. The molecule has 0 bridgehead atoms. The molecule has 1 atom stereocenters. The van der Waals surface area contributed by atoms with Gasteiger partial charge in [0.15, 0.2) is 0 Å². The topological polar surface area (TPSA) is 42.0 Å². The van der Waals surface area contributed by atoms with Crippen LogP contribution in [0.4, 0.5) is 0 Å². The highest BCUT2D eigenvalue weighted by Crippen LogP contribution is 2.26. The van der Waals surface area contributed by atoms with Crippen LogP contribution in [0.5, 0.6) is 0 Å². The Bertz CT molecular complexity index is 1270. The first kappa shape index (κ1) is 23.7. The van der Waals surface area contributed by atoms with Crippen molar-refractivity contribution in [1.82, 2.24) is 10.3 Å². The lowest BCUT2D eigenvalue weighted by atomic mass is 9.98. The molecule has 4 rings (SSSR count). The van der Waals surface area contributed by atoms with Gasteiger partial charge in [-0.3, -0.25) is 4.79 Å². The van der Waals surface area contributed by atoms with Crippen molar-refractivity contribution >= 4 is 16.8 Å². The van der Waals surface area contributed by atoms with Crippen molar-refractivity contribution in [2.75, 3.05) is 0 Å². The molecular formula is C31H34N2O. The van der Waals surface area contributed by atoms with Crippen LogP contribution in [-0.2, 0) is 6.42 Å². The number of carbonyl (C=O) groups is 1. The van der Waals surface area contributed by atoms with Gasteiger partial charge in [0.1, 0.15) is 0 Å². The molecule has 1 aromatic heterocycles. The van der Waals surface area contributed by atoms with Crippen LogP contribution in [0.3, 0.4) is 0 Å². The second-order valence-corrected chi connectivity index (χ2v) is 9.88. The lowest BCUT2D eigenvalue weighted by Crippen LogP contribution is -2.27. The molecule has 0 radical (unpaired) electrons. The third-order valence-corrected chi connectivity index (χ3v) is 6.31. The number of para-hydroxylation sites is 1. The van der Waals surface area contributed by atoms with Gasteiger partial charge in [-0.15, -0.1) is 0 Å². The van der Waals surface area contributed by atoms with E-state index in [0.29, 0.717) is 17.4 Å². The maximum absolute atomic E-state index is 13.4. The van der Waals surface area contributed by atoms with Gasteiger partial charge >= 0.3 is 0 Å². The Labute approximate surface area is 203 Å². The lowest BCUT2D eigenvalue weighted by molar-refractivity contribution is 0.0941. The summed E-state index contributed by atoms with van der Waals surface area (Å²) in [6, 6.07) is 26.7. The van der Waals surface area contributed by atoms with Crippen LogP contribution in [0.2, 0.25) is 0 Å². The van der Waals surface area contributed by atoms with Crippen molar-refractivity contribution in [2.45, 2.75) is 53.0 Å². The van der Waals surface area contributed by atoms with E-state index >= 15 is 0 Å². The number of hydrogen-bond acceptors (Lipinski definition) is 2. The van der Waals surface area contributed by atoms with E-state index in [9.17, 15) is 4.79 Å². The molecule has 0 saturated heterocycles. The van der Waals surface area contributed by atoms with Crippen molar-refractivity contribution in [2.24, 2.45) is 5.92 Å². The summed E-state index contributed by atoms with van der Waals surface area (Å²) in [4.78, 5) is 18.3. The molecule has 0 spiro atoms. The maximum Gasteiger partial charge on any atom is 0.252 e. The number of carbonyl (C=O) groups excluding carboxylic acids is 1. The van der Waals surface area contributed by atoms with Crippen LogP contribution < -0.4 is 5.32 Å². The first-order chi connectivity index (χ1) is 16.3. The highest BCUT2D eigenvalue weighted by Gasteiger charge is 2.17. The number of benzene rings is 3. The molecule has 0 fully saturated rings. The Morgan fingerprint density at radius 3 is 2.12 bits per heavy atom. The number of amides is 1. The third kappa shape index (κ3) is 5.36. The zero-order valence-electron chi connectivity index (χ0n) is 20.8. The van der Waals surface area contributed by atoms with Gasteiger partial charge in [0.25, 0.3) is 5.91 Å². The van der Waals surface area contributed by atoms with Gasteiger partial charge in [0, 0.05) is 10.9 Å². The normalized spacial score (nSPS) is 12.3. The quantitative estimate of drug-likeness (QED) is 0.313. The maximum atomic E-state index is 13.4. The highest BCUT2D eigenvalue weighted by molar-refractivity contribution is 6.07. The molecule has 1 N–H and O–H groups in total. The standard InChI is InChI=1S/C31H34N2O/c1-20(2)18-23-10-12-26(13-11-23)30-19-28(27-8-6-7-9-29(27)33-30)31(34)32-22(5)25-16-14-24(15-17-25)21(3)4/h6-17,19-22H,18H2,1-5H3,(H,32,34)/t22-/m0/s1. The fourth-order valence-corrected chi connectivity index (χ4v) is 4.32. The summed E-state index contributed by atoms with van der Waals surface area (Å²) in [6.07, 6.45) is 1.05. The van der Waals surface area contributed by atoms with Crippen molar-refractivity contribution in [3.63, 3.8) is 0 Å². The van der Waals surface area contributed by atoms with E-state index in [-0.39, 0.29) is 11.9 Å². The van der Waals surface area contributed by atoms with Gasteiger partial charge in [0.05, 0.1) is 22.8 Å². The van der Waals surface area contributed by atoms with Crippen molar-refractivity contribution in [3.8, 4) is 11.3 Å². The summed E-state index contributed by atoms with van der Waals surface area (Å²) in [7, 11) is 0. The molecule has 1 heterocycles. The van der Waals surface area contributed by atoms with Crippen LogP contribution in [0.25, 0.3) is 22.2 Å². The van der Waals surface area contributed by atoms with Crippen molar-refractivity contribution in [1.29, 1.82) is 0 Å². The minimum Gasteiger partial charge on any atom is -0.345 e. The molecule has 1 amide bonds. The molecule has 3 nitrogen and oxygen atoms in total. The number of nitrogens with one attached hydrogen (secondary N) is 1. The van der Waals surface area contributed by atoms with Crippen LogP contribution in [0.15, 0.2) is 78.9 Å². The van der Waals surface area contributed by atoms with Gasteiger partial charge in [-0.2, -0.15) is 0 Å². The van der Waals surface area contributed by atoms with E-state index in [4.69, 9.17) is 4.98 Å². The predicted molar refractivity (Wildman–Crippen MR) is 142 cm³/mol. The van der Waals surface area contributed by atoms with E-state index in [2.05, 4.69) is 81.5 Å². The van der Waals surface area contributed by atoms with E-state index in [0.717, 1.165) is 34.1 Å². The molecule has 3 heteroatoms. The van der Waals surface area contributed by atoms with Gasteiger partial charge in [-0.1, -0.05) is 94.4 Å². The zero-order chi connectivity index (χ0) is 24.2. The molecule has 3 aromatic carbocycles. The minimum absolute atomic E-state index is 0.0864. The van der Waals surface area contributed by atoms with Gasteiger partial charge in [-0.25, -0.2) is 4.98 Å². The van der Waals surface area contributed by atoms with Gasteiger partial charge in [-0.05, 0) is 54.0 Å². The molecule has 0 aliphatic heterocycles. The minimum atomic E-state index is -0.0978. The number of hydrogen-bond donors (Lipinski definition) is 1. The summed E-state index contributed by atoms with van der Waals surface area (Å²) >= 11 is 0. The van der Waals surface area contributed by atoms with Crippen LogP contribution in [0.1, 0.15) is 73.6 Å². The van der Waals surface area contributed by atoms with Crippen molar-refractivity contribution in [3.05, 3.63) is 101 Å². The molecule has 0 unspecified atom stereocenters. The van der Waals surface area contributed by atoms with E-state index < -0.39 is 0 Å². The van der Waals surface area contributed by atoms with E-state index in [1.165, 1.54) is 11.1 Å². The highest BCUT2D eigenvalue weighted by atomic mass is 16.1. The molecule has 174 valence electrons. The summed E-state index contributed by atoms with van der Waals surface area (Å²) in [5.74, 6) is 1.01. The predicted octanol–water partition coefficient (Wildman–Crippen LogP) is 7.71. The van der Waals surface area contributed by atoms with Gasteiger partial charge in [0.2, 0.25) is 0 Å². The smallest absolute Gasteiger partial charge is 0.252 e. The first-order valence-corrected chi connectivity index (χ1v) is 12.2. The molecule has 0 aliphatic carbocycles. The number of fused-ring (bicyclic) bond motifs is 1. The fraction of sp³-hybridized carbons (Fsp3) is 0.290. The second kappa shape index (κ2) is 10.2. The Balaban J connectivity index is 1.64. The fourth-order valence-electron chi connectivity index (χ4n) is 4.32. The molecular weight excluding hydrogens is 416 g/mol. The Morgan fingerprint density at radius 2 is 1.47 bits per heavy atom. The second-order valence-electron chi connectivity index (χ2n) is 9.88. The summed E-state index contributed by atoms with van der Waals surface area (Å²) < 4.78 is 0. The zero-order valence-corrected chi connectivity index (χ0v) is 20.8. The largest absolute Gasteiger partial charge is 0.345 e. The molecule has 0 aliphatic rings. The van der Waals surface area contributed by atoms with Crippen LogP contribution in [-0.4, -0.2) is 10.9 Å².